The highest BCUT2D eigenvalue weighted by Gasteiger charge is 2.34. The van der Waals surface area contributed by atoms with E-state index in [1.807, 2.05) is 36.4 Å². The van der Waals surface area contributed by atoms with Gasteiger partial charge in [-0.2, -0.15) is 0 Å². The van der Waals surface area contributed by atoms with E-state index in [9.17, 15) is 4.79 Å². The molecule has 22 heavy (non-hydrogen) atoms. The fourth-order valence-corrected chi connectivity index (χ4v) is 3.43. The van der Waals surface area contributed by atoms with Crippen molar-refractivity contribution in [2.75, 3.05) is 0 Å². The van der Waals surface area contributed by atoms with Gasteiger partial charge in [0.2, 0.25) is 3.79 Å². The van der Waals surface area contributed by atoms with E-state index in [2.05, 4.69) is 5.32 Å². The molecule has 2 nitrogen and oxygen atoms in total. The second-order valence-corrected chi connectivity index (χ2v) is 8.02. The van der Waals surface area contributed by atoms with E-state index in [1.54, 1.807) is 24.3 Å². The molecule has 0 saturated carbocycles. The van der Waals surface area contributed by atoms with Gasteiger partial charge in [0.05, 0.1) is 0 Å². The predicted molar refractivity (Wildman–Crippen MR) is 95.7 cm³/mol. The number of carbonyl (C=O) groups excluding carboxylic acids is 1. The molecule has 1 unspecified atom stereocenters. The van der Waals surface area contributed by atoms with Crippen LogP contribution in [-0.2, 0) is 5.75 Å². The lowest BCUT2D eigenvalue weighted by Crippen LogP contribution is -2.41. The molecule has 1 amide bonds. The van der Waals surface area contributed by atoms with Crippen LogP contribution in [0.15, 0.2) is 60.7 Å². The van der Waals surface area contributed by atoms with E-state index in [0.717, 1.165) is 5.56 Å². The van der Waals surface area contributed by atoms with Gasteiger partial charge in [-0.05, 0) is 17.7 Å². The lowest BCUT2D eigenvalue weighted by molar-refractivity contribution is 0.0950. The van der Waals surface area contributed by atoms with Gasteiger partial charge in [-0.1, -0.05) is 83.3 Å². The Bertz CT molecular complexity index is 602. The molecule has 0 aliphatic carbocycles. The van der Waals surface area contributed by atoms with Crippen LogP contribution in [-0.4, -0.2) is 15.1 Å². The van der Waals surface area contributed by atoms with Crippen LogP contribution in [0, 0.1) is 0 Å². The standard InChI is InChI=1S/C16H14Cl3NOS/c17-16(18,19)15(22-11-12-7-3-1-4-8-12)20-14(21)13-9-5-2-6-10-13/h1-10,15H,11H2,(H,20,21). The van der Waals surface area contributed by atoms with Crippen molar-refractivity contribution < 1.29 is 4.79 Å². The van der Waals surface area contributed by atoms with E-state index in [0.29, 0.717) is 11.3 Å². The van der Waals surface area contributed by atoms with E-state index in [4.69, 9.17) is 34.8 Å². The molecule has 6 heteroatoms. The Kier molecular flexibility index (Phi) is 6.45. The molecule has 0 heterocycles. The number of halogens is 3. The summed E-state index contributed by atoms with van der Waals surface area (Å²) in [5.41, 5.74) is 1.63. The Balaban J connectivity index is 2.02. The number of amides is 1. The van der Waals surface area contributed by atoms with Crippen molar-refractivity contribution in [3.8, 4) is 0 Å². The van der Waals surface area contributed by atoms with Gasteiger partial charge in [0, 0.05) is 11.3 Å². The highest BCUT2D eigenvalue weighted by atomic mass is 35.6. The second kappa shape index (κ2) is 8.11. The molecule has 1 atom stereocenters. The summed E-state index contributed by atoms with van der Waals surface area (Å²) in [7, 11) is 0. The topological polar surface area (TPSA) is 29.1 Å². The first kappa shape index (κ1) is 17.5. The molecule has 0 saturated heterocycles. The summed E-state index contributed by atoms with van der Waals surface area (Å²) in [6.07, 6.45) is 0. The zero-order valence-corrected chi connectivity index (χ0v) is 14.6. The lowest BCUT2D eigenvalue weighted by Gasteiger charge is -2.25. The number of rotatable bonds is 5. The van der Waals surface area contributed by atoms with Gasteiger partial charge in [-0.15, -0.1) is 11.8 Å². The van der Waals surface area contributed by atoms with Gasteiger partial charge >= 0.3 is 0 Å². The summed E-state index contributed by atoms with van der Waals surface area (Å²) in [5.74, 6) is 0.367. The van der Waals surface area contributed by atoms with Crippen molar-refractivity contribution >= 4 is 52.5 Å². The molecule has 0 spiro atoms. The first-order valence-corrected chi connectivity index (χ1v) is 8.73. The van der Waals surface area contributed by atoms with Crippen molar-refractivity contribution in [2.45, 2.75) is 14.9 Å². The summed E-state index contributed by atoms with van der Waals surface area (Å²) in [6.45, 7) is 0. The summed E-state index contributed by atoms with van der Waals surface area (Å²) < 4.78 is -1.59. The molecule has 0 aliphatic rings. The minimum atomic E-state index is -1.59. The normalized spacial score (nSPS) is 12.7. The van der Waals surface area contributed by atoms with Crippen molar-refractivity contribution in [2.24, 2.45) is 0 Å². The molecular weight excluding hydrogens is 361 g/mol. The van der Waals surface area contributed by atoms with Crippen molar-refractivity contribution in [1.29, 1.82) is 0 Å². The summed E-state index contributed by atoms with van der Waals surface area (Å²) in [4.78, 5) is 12.2. The van der Waals surface area contributed by atoms with Gasteiger partial charge in [0.1, 0.15) is 5.37 Å². The molecule has 2 aromatic rings. The first-order valence-electron chi connectivity index (χ1n) is 6.55. The first-order chi connectivity index (χ1) is 10.5. The third kappa shape index (κ3) is 5.40. The van der Waals surface area contributed by atoms with Crippen LogP contribution in [0.5, 0.6) is 0 Å². The second-order valence-electron chi connectivity index (χ2n) is 4.56. The van der Waals surface area contributed by atoms with Crippen molar-refractivity contribution in [3.05, 3.63) is 71.8 Å². The maximum absolute atomic E-state index is 12.2. The zero-order chi connectivity index (χ0) is 16.0. The molecule has 2 rings (SSSR count). The van der Waals surface area contributed by atoms with Crippen LogP contribution >= 0.6 is 46.6 Å². The minimum absolute atomic E-state index is 0.266. The Morgan fingerprint density at radius 1 is 1.00 bits per heavy atom. The number of thioether (sulfide) groups is 1. The summed E-state index contributed by atoms with van der Waals surface area (Å²) in [6, 6.07) is 18.7. The van der Waals surface area contributed by atoms with E-state index < -0.39 is 9.17 Å². The summed E-state index contributed by atoms with van der Waals surface area (Å²) in [5, 5.41) is 2.12. The monoisotopic (exact) mass is 373 g/mol. The van der Waals surface area contributed by atoms with Gasteiger partial charge in [0.15, 0.2) is 0 Å². The number of hydrogen-bond donors (Lipinski definition) is 1. The maximum Gasteiger partial charge on any atom is 0.252 e. The van der Waals surface area contributed by atoms with Crippen LogP contribution in [0.2, 0.25) is 0 Å². The SMILES string of the molecule is O=C(NC(SCc1ccccc1)C(Cl)(Cl)Cl)c1ccccc1. The maximum atomic E-state index is 12.2. The lowest BCUT2D eigenvalue weighted by atomic mass is 10.2. The number of hydrogen-bond acceptors (Lipinski definition) is 2. The minimum Gasteiger partial charge on any atom is -0.336 e. The van der Waals surface area contributed by atoms with Crippen LogP contribution in [0.3, 0.4) is 0 Å². The summed E-state index contributed by atoms with van der Waals surface area (Å²) >= 11 is 19.4. The molecule has 1 N–H and O–H groups in total. The average molecular weight is 375 g/mol. The quantitative estimate of drug-likeness (QED) is 0.586. The number of carbonyl (C=O) groups is 1. The van der Waals surface area contributed by atoms with Crippen molar-refractivity contribution in [3.63, 3.8) is 0 Å². The largest absolute Gasteiger partial charge is 0.336 e. The van der Waals surface area contributed by atoms with Gasteiger partial charge < -0.3 is 5.32 Å². The molecule has 0 aliphatic heterocycles. The molecule has 116 valence electrons. The van der Waals surface area contributed by atoms with Crippen LogP contribution in [0.1, 0.15) is 15.9 Å². The Morgan fingerprint density at radius 2 is 1.55 bits per heavy atom. The van der Waals surface area contributed by atoms with E-state index in [1.165, 1.54) is 11.8 Å². The number of alkyl halides is 3. The van der Waals surface area contributed by atoms with Crippen LogP contribution < -0.4 is 5.32 Å². The smallest absolute Gasteiger partial charge is 0.252 e. The van der Waals surface area contributed by atoms with E-state index in [-0.39, 0.29) is 5.91 Å². The Hall–Kier alpha value is -0.870. The predicted octanol–water partition coefficient (Wildman–Crippen LogP) is 5.05. The molecule has 0 aromatic heterocycles. The van der Waals surface area contributed by atoms with Crippen LogP contribution in [0.25, 0.3) is 0 Å². The fourth-order valence-electron chi connectivity index (χ4n) is 1.76. The number of benzene rings is 2. The Morgan fingerprint density at radius 3 is 2.09 bits per heavy atom. The van der Waals surface area contributed by atoms with Crippen molar-refractivity contribution in [1.82, 2.24) is 5.32 Å². The van der Waals surface area contributed by atoms with E-state index >= 15 is 0 Å². The fraction of sp³-hybridized carbons (Fsp3) is 0.188. The highest BCUT2D eigenvalue weighted by molar-refractivity contribution is 7.99. The number of nitrogens with one attached hydrogen (secondary N) is 1. The van der Waals surface area contributed by atoms with Gasteiger partial charge in [-0.25, -0.2) is 0 Å². The van der Waals surface area contributed by atoms with Crippen LogP contribution in [0.4, 0.5) is 0 Å². The average Bonchev–Trinajstić information content (AvgIpc) is 2.52. The third-order valence-corrected chi connectivity index (χ3v) is 5.20. The molecule has 0 fully saturated rings. The van der Waals surface area contributed by atoms with Gasteiger partial charge in [-0.3, -0.25) is 4.79 Å². The molecule has 0 bridgehead atoms. The Labute approximate surface area is 149 Å². The zero-order valence-electron chi connectivity index (χ0n) is 11.5. The molecule has 0 radical (unpaired) electrons. The highest BCUT2D eigenvalue weighted by Crippen LogP contribution is 2.37. The van der Waals surface area contributed by atoms with Gasteiger partial charge in [0.25, 0.3) is 5.91 Å². The molecule has 2 aromatic carbocycles. The third-order valence-electron chi connectivity index (χ3n) is 2.85. The molecular formula is C16H14Cl3NOS.